The Morgan fingerprint density at radius 1 is 1.29 bits per heavy atom. The maximum Gasteiger partial charge on any atom is 0.0648 e. The average molecular weight is 300 g/mol. The van der Waals surface area contributed by atoms with Gasteiger partial charge >= 0.3 is 0 Å². The van der Waals surface area contributed by atoms with Crippen molar-refractivity contribution in [3.05, 3.63) is 34.3 Å². The summed E-state index contributed by atoms with van der Waals surface area (Å²) in [6.45, 7) is 4.71. The number of hydrogen-bond acceptors (Lipinski definition) is 2. The van der Waals surface area contributed by atoms with Gasteiger partial charge in [-0.1, -0.05) is 54.8 Å². The van der Waals surface area contributed by atoms with Crippen molar-refractivity contribution < 1.29 is 5.11 Å². The minimum atomic E-state index is -0.357. The molecular weight excluding hydrogens is 278 g/mol. The molecule has 0 aliphatic heterocycles. The van der Waals surface area contributed by atoms with Crippen molar-refractivity contribution in [3.63, 3.8) is 0 Å². The van der Waals surface area contributed by atoms with E-state index in [1.54, 1.807) is 0 Å². The lowest BCUT2D eigenvalue weighted by Gasteiger charge is -2.28. The van der Waals surface area contributed by atoms with Crippen LogP contribution in [0.25, 0.3) is 0 Å². The number of nitrogens with two attached hydrogens (primary N) is 1. The Bertz CT molecular complexity index is 339. The third kappa shape index (κ3) is 3.80. The largest absolute Gasteiger partial charge is 0.392 e. The van der Waals surface area contributed by atoms with Crippen LogP contribution in [0.2, 0.25) is 0 Å². The second-order valence-corrected chi connectivity index (χ2v) is 5.38. The van der Waals surface area contributed by atoms with Crippen molar-refractivity contribution in [2.24, 2.45) is 11.7 Å². The zero-order valence-corrected chi connectivity index (χ0v) is 12.2. The van der Waals surface area contributed by atoms with Crippen LogP contribution >= 0.6 is 15.9 Å². The molecule has 0 saturated heterocycles. The summed E-state index contributed by atoms with van der Waals surface area (Å²) in [5.41, 5.74) is 6.94. The normalized spacial score (nSPS) is 14.9. The van der Waals surface area contributed by atoms with Crippen molar-refractivity contribution in [2.75, 3.05) is 6.54 Å². The van der Waals surface area contributed by atoms with E-state index in [0.29, 0.717) is 12.5 Å². The van der Waals surface area contributed by atoms with Gasteiger partial charge in [-0.05, 0) is 23.6 Å². The van der Waals surface area contributed by atoms with Crippen molar-refractivity contribution in [1.29, 1.82) is 0 Å². The summed E-state index contributed by atoms with van der Waals surface area (Å²) in [5, 5.41) is 10.4. The van der Waals surface area contributed by atoms with E-state index in [0.717, 1.165) is 22.9 Å². The van der Waals surface area contributed by atoms with Crippen molar-refractivity contribution in [1.82, 2.24) is 0 Å². The summed E-state index contributed by atoms with van der Waals surface area (Å²) in [4.78, 5) is 0. The van der Waals surface area contributed by atoms with Crippen molar-refractivity contribution >= 4 is 15.9 Å². The third-order valence-electron chi connectivity index (χ3n) is 3.47. The Morgan fingerprint density at radius 2 is 1.94 bits per heavy atom. The lowest BCUT2D eigenvalue weighted by atomic mass is 9.83. The van der Waals surface area contributed by atoms with Gasteiger partial charge in [-0.15, -0.1) is 0 Å². The molecule has 2 atom stereocenters. The van der Waals surface area contributed by atoms with Crippen LogP contribution in [0.15, 0.2) is 28.7 Å². The Morgan fingerprint density at radius 3 is 2.41 bits per heavy atom. The van der Waals surface area contributed by atoms with E-state index in [2.05, 4.69) is 29.8 Å². The fraction of sp³-hybridized carbons (Fsp3) is 0.571. The predicted molar refractivity (Wildman–Crippen MR) is 76.0 cm³/mol. The standard InChI is InChI=1S/C14H22BrNO/c1-3-10(4-2)14(17)13(9-16)11-6-5-7-12(15)8-11/h5-8,10,13-14,17H,3-4,9,16H2,1-2H3. The van der Waals surface area contributed by atoms with Gasteiger partial charge in [0.2, 0.25) is 0 Å². The van der Waals surface area contributed by atoms with Crippen LogP contribution in [0.4, 0.5) is 0 Å². The molecule has 0 radical (unpaired) electrons. The molecule has 1 rings (SSSR count). The smallest absolute Gasteiger partial charge is 0.0648 e. The topological polar surface area (TPSA) is 46.2 Å². The number of aliphatic hydroxyl groups is 1. The first kappa shape index (κ1) is 14.7. The summed E-state index contributed by atoms with van der Waals surface area (Å²) >= 11 is 3.46. The van der Waals surface area contributed by atoms with E-state index in [-0.39, 0.29) is 12.0 Å². The molecule has 0 aliphatic rings. The molecule has 0 bridgehead atoms. The summed E-state index contributed by atoms with van der Waals surface area (Å²) in [6.07, 6.45) is 1.62. The molecule has 17 heavy (non-hydrogen) atoms. The van der Waals surface area contributed by atoms with Crippen LogP contribution in [0.3, 0.4) is 0 Å². The Balaban J connectivity index is 2.90. The molecule has 2 unspecified atom stereocenters. The van der Waals surface area contributed by atoms with Gasteiger partial charge < -0.3 is 10.8 Å². The minimum Gasteiger partial charge on any atom is -0.392 e. The molecule has 0 aromatic heterocycles. The Kier molecular flexibility index (Phi) is 6.17. The van der Waals surface area contributed by atoms with Crippen LogP contribution in [-0.4, -0.2) is 17.8 Å². The molecule has 0 saturated carbocycles. The highest BCUT2D eigenvalue weighted by molar-refractivity contribution is 9.10. The third-order valence-corrected chi connectivity index (χ3v) is 3.97. The highest BCUT2D eigenvalue weighted by Gasteiger charge is 2.25. The second-order valence-electron chi connectivity index (χ2n) is 4.46. The molecule has 0 spiro atoms. The van der Waals surface area contributed by atoms with Gasteiger partial charge in [0.15, 0.2) is 0 Å². The van der Waals surface area contributed by atoms with E-state index < -0.39 is 0 Å². The van der Waals surface area contributed by atoms with Crippen molar-refractivity contribution in [2.45, 2.75) is 38.7 Å². The first-order valence-corrected chi connectivity index (χ1v) is 7.06. The number of aliphatic hydroxyl groups excluding tert-OH is 1. The number of rotatable bonds is 6. The quantitative estimate of drug-likeness (QED) is 0.847. The molecule has 0 fully saturated rings. The minimum absolute atomic E-state index is 0.0254. The zero-order valence-electron chi connectivity index (χ0n) is 10.6. The summed E-state index contributed by atoms with van der Waals surface area (Å²) in [6, 6.07) is 8.05. The summed E-state index contributed by atoms with van der Waals surface area (Å²) in [5.74, 6) is 0.347. The van der Waals surface area contributed by atoms with Gasteiger partial charge in [-0.25, -0.2) is 0 Å². The molecule has 0 heterocycles. The Hall–Kier alpha value is -0.380. The Labute approximate surface area is 112 Å². The molecule has 3 heteroatoms. The van der Waals surface area contributed by atoms with Crippen LogP contribution in [0, 0.1) is 5.92 Å². The molecular formula is C14H22BrNO. The highest BCUT2D eigenvalue weighted by atomic mass is 79.9. The van der Waals surface area contributed by atoms with E-state index >= 15 is 0 Å². The van der Waals surface area contributed by atoms with E-state index in [1.807, 2.05) is 24.3 Å². The molecule has 0 aliphatic carbocycles. The van der Waals surface area contributed by atoms with Gasteiger partial charge in [0.1, 0.15) is 0 Å². The van der Waals surface area contributed by atoms with Gasteiger partial charge in [0, 0.05) is 16.9 Å². The van der Waals surface area contributed by atoms with E-state index in [4.69, 9.17) is 5.73 Å². The van der Waals surface area contributed by atoms with Gasteiger partial charge in [-0.3, -0.25) is 0 Å². The lowest BCUT2D eigenvalue weighted by molar-refractivity contribution is 0.0779. The highest BCUT2D eigenvalue weighted by Crippen LogP contribution is 2.28. The first-order chi connectivity index (χ1) is 8.13. The lowest BCUT2D eigenvalue weighted by Crippen LogP contribution is -2.32. The fourth-order valence-electron chi connectivity index (χ4n) is 2.31. The van der Waals surface area contributed by atoms with E-state index in [1.165, 1.54) is 0 Å². The molecule has 96 valence electrons. The van der Waals surface area contributed by atoms with E-state index in [9.17, 15) is 5.11 Å². The first-order valence-electron chi connectivity index (χ1n) is 6.27. The monoisotopic (exact) mass is 299 g/mol. The molecule has 0 amide bonds. The van der Waals surface area contributed by atoms with Crippen LogP contribution in [0.1, 0.15) is 38.2 Å². The van der Waals surface area contributed by atoms with Crippen LogP contribution in [0.5, 0.6) is 0 Å². The zero-order chi connectivity index (χ0) is 12.8. The second kappa shape index (κ2) is 7.14. The van der Waals surface area contributed by atoms with Gasteiger partial charge in [0.25, 0.3) is 0 Å². The molecule has 3 N–H and O–H groups in total. The molecule has 2 nitrogen and oxygen atoms in total. The summed E-state index contributed by atoms with van der Waals surface area (Å²) in [7, 11) is 0. The average Bonchev–Trinajstić information content (AvgIpc) is 2.31. The fourth-order valence-corrected chi connectivity index (χ4v) is 2.73. The van der Waals surface area contributed by atoms with Crippen LogP contribution in [-0.2, 0) is 0 Å². The predicted octanol–water partition coefficient (Wildman–Crippen LogP) is 3.29. The molecule has 1 aromatic rings. The summed E-state index contributed by atoms with van der Waals surface area (Å²) < 4.78 is 1.03. The number of hydrogen-bond donors (Lipinski definition) is 2. The maximum absolute atomic E-state index is 10.4. The van der Waals surface area contributed by atoms with Crippen molar-refractivity contribution in [3.8, 4) is 0 Å². The molecule has 1 aromatic carbocycles. The number of benzene rings is 1. The maximum atomic E-state index is 10.4. The van der Waals surface area contributed by atoms with Gasteiger partial charge in [-0.2, -0.15) is 0 Å². The van der Waals surface area contributed by atoms with Gasteiger partial charge in [0.05, 0.1) is 6.10 Å². The number of halogens is 1. The van der Waals surface area contributed by atoms with Crippen LogP contribution < -0.4 is 5.73 Å². The SMILES string of the molecule is CCC(CC)C(O)C(CN)c1cccc(Br)c1.